The van der Waals surface area contributed by atoms with Crippen LogP contribution in [-0.4, -0.2) is 24.2 Å². The van der Waals surface area contributed by atoms with Gasteiger partial charge in [0.05, 0.1) is 17.0 Å². The lowest BCUT2D eigenvalue weighted by atomic mass is 10.2. The number of carbonyl (C=O) groups is 2. The van der Waals surface area contributed by atoms with Crippen LogP contribution < -0.4 is 5.32 Å². The van der Waals surface area contributed by atoms with Crippen molar-refractivity contribution in [2.45, 2.75) is 18.7 Å². The quantitative estimate of drug-likeness (QED) is 0.595. The smallest absolute Gasteiger partial charge is 0.316 e. The van der Waals surface area contributed by atoms with Gasteiger partial charge in [0.15, 0.2) is 6.61 Å². The largest absolute Gasteiger partial charge is 0.455 e. The van der Waals surface area contributed by atoms with Crippen molar-refractivity contribution in [3.8, 4) is 6.07 Å². The van der Waals surface area contributed by atoms with Crippen molar-refractivity contribution in [3.63, 3.8) is 0 Å². The molecule has 1 N–H and O–H groups in total. The van der Waals surface area contributed by atoms with Crippen LogP contribution >= 0.6 is 23.4 Å². The van der Waals surface area contributed by atoms with Crippen LogP contribution in [0.4, 0.5) is 5.69 Å². The number of ether oxygens (including phenoxy) is 1. The van der Waals surface area contributed by atoms with Gasteiger partial charge in [-0.25, -0.2) is 0 Å². The number of anilines is 1. The van der Waals surface area contributed by atoms with E-state index in [-0.39, 0.29) is 17.0 Å². The molecule has 0 aromatic heterocycles. The number of halogens is 1. The number of hydrogen-bond acceptors (Lipinski definition) is 5. The summed E-state index contributed by atoms with van der Waals surface area (Å²) in [6, 6.07) is 12.5. The first-order chi connectivity index (χ1) is 12.4. The molecule has 0 bridgehead atoms. The summed E-state index contributed by atoms with van der Waals surface area (Å²) in [5.41, 5.74) is 2.81. The molecule has 0 spiro atoms. The minimum atomic E-state index is -0.534. The summed E-state index contributed by atoms with van der Waals surface area (Å²) in [6.07, 6.45) is 0. The van der Waals surface area contributed by atoms with E-state index in [0.717, 1.165) is 16.0 Å². The van der Waals surface area contributed by atoms with Crippen LogP contribution in [0.3, 0.4) is 0 Å². The van der Waals surface area contributed by atoms with Crippen LogP contribution in [0.25, 0.3) is 0 Å². The Kier molecular flexibility index (Phi) is 7.07. The third-order valence-electron chi connectivity index (χ3n) is 3.42. The molecular formula is C19H17ClN2O3S. The number of amides is 1. The SMILES string of the molecule is Cc1ccc(SCC(=O)OCC(=O)Nc2cc(Cl)ccc2C#N)c(C)c1. The number of aryl methyl sites for hydroxylation is 2. The van der Waals surface area contributed by atoms with Gasteiger partial charge in [0, 0.05) is 9.92 Å². The van der Waals surface area contributed by atoms with Crippen molar-refractivity contribution in [1.29, 1.82) is 5.26 Å². The average molecular weight is 389 g/mol. The summed E-state index contributed by atoms with van der Waals surface area (Å²) in [7, 11) is 0. The number of nitriles is 1. The number of hydrogen-bond donors (Lipinski definition) is 1. The number of rotatable bonds is 6. The van der Waals surface area contributed by atoms with E-state index in [1.54, 1.807) is 6.07 Å². The van der Waals surface area contributed by atoms with Crippen LogP contribution in [0.2, 0.25) is 5.02 Å². The molecule has 1 amide bonds. The van der Waals surface area contributed by atoms with Crippen LogP contribution in [0.1, 0.15) is 16.7 Å². The summed E-state index contributed by atoms with van der Waals surface area (Å²) in [5.74, 6) is -0.914. The van der Waals surface area contributed by atoms with Crippen molar-refractivity contribution >= 4 is 40.9 Å². The molecule has 0 radical (unpaired) electrons. The molecule has 26 heavy (non-hydrogen) atoms. The fraction of sp³-hybridized carbons (Fsp3) is 0.211. The zero-order valence-electron chi connectivity index (χ0n) is 14.3. The van der Waals surface area contributed by atoms with Crippen molar-refractivity contribution < 1.29 is 14.3 Å². The number of carbonyl (C=O) groups excluding carboxylic acids is 2. The van der Waals surface area contributed by atoms with Crippen molar-refractivity contribution in [1.82, 2.24) is 0 Å². The molecule has 134 valence electrons. The summed E-state index contributed by atoms with van der Waals surface area (Å²) >= 11 is 7.22. The standard InChI is InChI=1S/C19H17ClN2O3S/c1-12-3-6-17(13(2)7-12)26-11-19(24)25-10-18(23)22-16-8-15(20)5-4-14(16)9-21/h3-8H,10-11H2,1-2H3,(H,22,23). The molecule has 0 unspecified atom stereocenters. The van der Waals surface area contributed by atoms with E-state index in [2.05, 4.69) is 5.32 Å². The number of benzene rings is 2. The summed E-state index contributed by atoms with van der Waals surface area (Å²) in [5, 5.41) is 11.9. The van der Waals surface area contributed by atoms with Crippen LogP contribution in [0.15, 0.2) is 41.3 Å². The first-order valence-corrected chi connectivity index (χ1v) is 9.10. The molecule has 7 heteroatoms. The van der Waals surface area contributed by atoms with Crippen LogP contribution in [0.5, 0.6) is 0 Å². The van der Waals surface area contributed by atoms with Gasteiger partial charge in [-0.2, -0.15) is 5.26 Å². The van der Waals surface area contributed by atoms with Gasteiger partial charge in [0.25, 0.3) is 5.91 Å². The van der Waals surface area contributed by atoms with Crippen molar-refractivity contribution in [2.75, 3.05) is 17.7 Å². The van der Waals surface area contributed by atoms with E-state index in [1.165, 1.54) is 23.9 Å². The molecule has 2 aromatic rings. The fourth-order valence-electron chi connectivity index (χ4n) is 2.19. The molecule has 0 aliphatic carbocycles. The van der Waals surface area contributed by atoms with E-state index < -0.39 is 18.5 Å². The third-order valence-corrected chi connectivity index (χ3v) is 4.80. The third kappa shape index (κ3) is 5.80. The van der Waals surface area contributed by atoms with Gasteiger partial charge >= 0.3 is 5.97 Å². The second-order valence-electron chi connectivity index (χ2n) is 5.57. The Morgan fingerprint density at radius 2 is 2.00 bits per heavy atom. The molecule has 0 heterocycles. The lowest BCUT2D eigenvalue weighted by Crippen LogP contribution is -2.22. The number of esters is 1. The van der Waals surface area contributed by atoms with E-state index >= 15 is 0 Å². The Labute approximate surface area is 161 Å². The second kappa shape index (κ2) is 9.27. The monoisotopic (exact) mass is 388 g/mol. The fourth-order valence-corrected chi connectivity index (χ4v) is 3.17. The minimum Gasteiger partial charge on any atom is -0.455 e. The molecule has 0 saturated heterocycles. The van der Waals surface area contributed by atoms with Crippen LogP contribution in [0, 0.1) is 25.2 Å². The van der Waals surface area contributed by atoms with Gasteiger partial charge in [-0.1, -0.05) is 29.3 Å². The maximum Gasteiger partial charge on any atom is 0.316 e. The van der Waals surface area contributed by atoms with E-state index in [1.807, 2.05) is 38.1 Å². The predicted molar refractivity (Wildman–Crippen MR) is 102 cm³/mol. The molecule has 5 nitrogen and oxygen atoms in total. The highest BCUT2D eigenvalue weighted by atomic mass is 35.5. The molecule has 0 aliphatic rings. The molecule has 0 saturated carbocycles. The van der Waals surface area contributed by atoms with Gasteiger partial charge in [0.2, 0.25) is 0 Å². The lowest BCUT2D eigenvalue weighted by Gasteiger charge is -2.09. The molecule has 2 aromatic carbocycles. The summed E-state index contributed by atoms with van der Waals surface area (Å²) in [4.78, 5) is 24.7. The van der Waals surface area contributed by atoms with E-state index in [9.17, 15) is 9.59 Å². The van der Waals surface area contributed by atoms with E-state index in [0.29, 0.717) is 5.02 Å². The van der Waals surface area contributed by atoms with Crippen molar-refractivity contribution in [3.05, 3.63) is 58.1 Å². The first kappa shape index (κ1) is 19.8. The highest BCUT2D eigenvalue weighted by molar-refractivity contribution is 8.00. The number of thioether (sulfide) groups is 1. The molecular weight excluding hydrogens is 372 g/mol. The van der Waals surface area contributed by atoms with Gasteiger partial charge in [0.1, 0.15) is 6.07 Å². The summed E-state index contributed by atoms with van der Waals surface area (Å²) in [6.45, 7) is 3.56. The van der Waals surface area contributed by atoms with Crippen molar-refractivity contribution in [2.24, 2.45) is 0 Å². The Bertz CT molecular complexity index is 878. The maximum absolute atomic E-state index is 11.9. The number of nitrogens with one attached hydrogen (secondary N) is 1. The highest BCUT2D eigenvalue weighted by Gasteiger charge is 2.11. The minimum absolute atomic E-state index is 0.109. The topological polar surface area (TPSA) is 79.2 Å². The van der Waals surface area contributed by atoms with Crippen LogP contribution in [-0.2, 0) is 14.3 Å². The maximum atomic E-state index is 11.9. The Morgan fingerprint density at radius 1 is 1.23 bits per heavy atom. The van der Waals surface area contributed by atoms with Gasteiger partial charge in [-0.15, -0.1) is 11.8 Å². The first-order valence-electron chi connectivity index (χ1n) is 7.74. The zero-order chi connectivity index (χ0) is 19.1. The number of nitrogens with zero attached hydrogens (tertiary/aromatic N) is 1. The molecule has 0 fully saturated rings. The predicted octanol–water partition coefficient (Wildman–Crippen LogP) is 4.10. The second-order valence-corrected chi connectivity index (χ2v) is 7.02. The molecule has 0 aliphatic heterocycles. The Morgan fingerprint density at radius 3 is 2.69 bits per heavy atom. The highest BCUT2D eigenvalue weighted by Crippen LogP contribution is 2.23. The Hall–Kier alpha value is -2.49. The normalized spacial score (nSPS) is 10.1. The Balaban J connectivity index is 1.83. The van der Waals surface area contributed by atoms with Gasteiger partial charge < -0.3 is 10.1 Å². The van der Waals surface area contributed by atoms with E-state index in [4.69, 9.17) is 21.6 Å². The van der Waals surface area contributed by atoms with Gasteiger partial charge in [-0.3, -0.25) is 9.59 Å². The van der Waals surface area contributed by atoms with Gasteiger partial charge in [-0.05, 0) is 43.7 Å². The lowest BCUT2D eigenvalue weighted by molar-refractivity contribution is -0.144. The average Bonchev–Trinajstić information content (AvgIpc) is 2.59. The molecule has 0 atom stereocenters. The summed E-state index contributed by atoms with van der Waals surface area (Å²) < 4.78 is 4.98. The zero-order valence-corrected chi connectivity index (χ0v) is 15.9. The molecule has 2 rings (SSSR count).